The van der Waals surface area contributed by atoms with Gasteiger partial charge in [0.25, 0.3) is 5.91 Å². The predicted octanol–water partition coefficient (Wildman–Crippen LogP) is 3.25. The number of carbonyl (C=O) groups is 1. The van der Waals surface area contributed by atoms with Crippen molar-refractivity contribution in [2.75, 3.05) is 6.61 Å². The van der Waals surface area contributed by atoms with E-state index in [1.807, 2.05) is 38.1 Å². The number of aromatic hydroxyl groups is 1. The quantitative estimate of drug-likeness (QED) is 0.462. The minimum absolute atomic E-state index is 0.0889. The molecule has 0 aliphatic carbocycles. The first-order valence-corrected chi connectivity index (χ1v) is 8.49. The van der Waals surface area contributed by atoms with Gasteiger partial charge in [0.05, 0.1) is 18.5 Å². The number of aromatic nitrogens is 2. The first kappa shape index (κ1) is 18.2. The summed E-state index contributed by atoms with van der Waals surface area (Å²) in [5.41, 5.74) is 5.55. The number of H-pyrrole nitrogens is 1. The average Bonchev–Trinajstić information content (AvgIpc) is 3.06. The fourth-order valence-corrected chi connectivity index (χ4v) is 2.59. The molecule has 0 spiro atoms. The Labute approximate surface area is 156 Å². The lowest BCUT2D eigenvalue weighted by molar-refractivity contribution is 0.0949. The van der Waals surface area contributed by atoms with E-state index in [2.05, 4.69) is 20.7 Å². The van der Waals surface area contributed by atoms with Crippen LogP contribution in [0.2, 0.25) is 0 Å². The number of ether oxygens (including phenoxy) is 1. The summed E-state index contributed by atoms with van der Waals surface area (Å²) in [5.74, 6) is 0.459. The summed E-state index contributed by atoms with van der Waals surface area (Å²) in [6.07, 6.45) is 1.38. The molecular formula is C20H20N4O3. The normalized spacial score (nSPS) is 10.9. The average molecular weight is 364 g/mol. The Bertz CT molecular complexity index is 962. The lowest BCUT2D eigenvalue weighted by Gasteiger charge is -2.04. The Morgan fingerprint density at radius 3 is 2.70 bits per heavy atom. The van der Waals surface area contributed by atoms with Crippen molar-refractivity contribution in [1.82, 2.24) is 15.6 Å². The molecule has 0 atom stereocenters. The zero-order chi connectivity index (χ0) is 19.2. The largest absolute Gasteiger partial charge is 0.507 e. The first-order chi connectivity index (χ1) is 13.1. The Balaban J connectivity index is 1.72. The molecular weight excluding hydrogens is 344 g/mol. The molecule has 0 saturated heterocycles. The molecule has 1 aromatic heterocycles. The van der Waals surface area contributed by atoms with Gasteiger partial charge in [-0.05, 0) is 50.2 Å². The van der Waals surface area contributed by atoms with Gasteiger partial charge in [-0.3, -0.25) is 9.89 Å². The SMILES string of the molecule is CCOc1ccc(-c2n[nH]c(C(=O)N/N=C/c3ccccc3O)c2C)cc1. The molecule has 2 aromatic carbocycles. The molecule has 0 fully saturated rings. The highest BCUT2D eigenvalue weighted by atomic mass is 16.5. The minimum Gasteiger partial charge on any atom is -0.507 e. The van der Waals surface area contributed by atoms with E-state index in [4.69, 9.17) is 4.74 Å². The van der Waals surface area contributed by atoms with Gasteiger partial charge in [0.2, 0.25) is 0 Å². The number of hydrogen-bond donors (Lipinski definition) is 3. The Morgan fingerprint density at radius 1 is 1.26 bits per heavy atom. The fourth-order valence-electron chi connectivity index (χ4n) is 2.59. The highest BCUT2D eigenvalue weighted by molar-refractivity contribution is 5.96. The van der Waals surface area contributed by atoms with Crippen LogP contribution >= 0.6 is 0 Å². The number of carbonyl (C=O) groups excluding carboxylic acids is 1. The van der Waals surface area contributed by atoms with Gasteiger partial charge in [-0.25, -0.2) is 5.43 Å². The van der Waals surface area contributed by atoms with Crippen molar-refractivity contribution >= 4 is 12.1 Å². The molecule has 3 N–H and O–H groups in total. The highest BCUT2D eigenvalue weighted by Crippen LogP contribution is 2.25. The molecule has 0 unspecified atom stereocenters. The topological polar surface area (TPSA) is 99.6 Å². The number of rotatable bonds is 6. The van der Waals surface area contributed by atoms with Gasteiger partial charge < -0.3 is 9.84 Å². The maximum absolute atomic E-state index is 12.3. The van der Waals surface area contributed by atoms with Gasteiger partial charge in [0.1, 0.15) is 17.2 Å². The molecule has 1 heterocycles. The number of para-hydroxylation sites is 1. The summed E-state index contributed by atoms with van der Waals surface area (Å²) in [4.78, 5) is 12.3. The number of aromatic amines is 1. The summed E-state index contributed by atoms with van der Waals surface area (Å²) in [6, 6.07) is 14.2. The van der Waals surface area contributed by atoms with Crippen molar-refractivity contribution < 1.29 is 14.6 Å². The maximum Gasteiger partial charge on any atom is 0.289 e. The van der Waals surface area contributed by atoms with E-state index in [9.17, 15) is 9.90 Å². The van der Waals surface area contributed by atoms with Crippen LogP contribution in [-0.4, -0.2) is 34.0 Å². The van der Waals surface area contributed by atoms with Crippen LogP contribution in [-0.2, 0) is 0 Å². The fraction of sp³-hybridized carbons (Fsp3) is 0.150. The monoisotopic (exact) mass is 364 g/mol. The standard InChI is InChI=1S/C20H20N4O3/c1-3-27-16-10-8-14(9-11-16)18-13(2)19(23-22-18)20(26)24-21-12-15-6-4-5-7-17(15)25/h4-12,25H,3H2,1-2H3,(H,22,23)(H,24,26)/b21-12+. The van der Waals surface area contributed by atoms with Gasteiger partial charge >= 0.3 is 0 Å². The molecule has 3 rings (SSSR count). The molecule has 27 heavy (non-hydrogen) atoms. The van der Waals surface area contributed by atoms with E-state index in [-0.39, 0.29) is 5.75 Å². The van der Waals surface area contributed by atoms with Crippen LogP contribution in [0, 0.1) is 6.92 Å². The van der Waals surface area contributed by atoms with Gasteiger partial charge in [0.15, 0.2) is 0 Å². The van der Waals surface area contributed by atoms with Crippen molar-refractivity contribution in [3.63, 3.8) is 0 Å². The number of benzene rings is 2. The lowest BCUT2D eigenvalue weighted by Crippen LogP contribution is -2.19. The van der Waals surface area contributed by atoms with Gasteiger partial charge in [0, 0.05) is 16.7 Å². The number of nitrogens with one attached hydrogen (secondary N) is 2. The van der Waals surface area contributed by atoms with Crippen LogP contribution in [0.25, 0.3) is 11.3 Å². The van der Waals surface area contributed by atoms with E-state index in [0.717, 1.165) is 16.9 Å². The zero-order valence-electron chi connectivity index (χ0n) is 15.1. The molecule has 0 aliphatic rings. The van der Waals surface area contributed by atoms with Crippen molar-refractivity contribution in [2.45, 2.75) is 13.8 Å². The second kappa shape index (κ2) is 8.18. The molecule has 0 aliphatic heterocycles. The third kappa shape index (κ3) is 4.14. The minimum atomic E-state index is -0.413. The maximum atomic E-state index is 12.3. The zero-order valence-corrected chi connectivity index (χ0v) is 15.1. The van der Waals surface area contributed by atoms with Crippen LogP contribution in [0.3, 0.4) is 0 Å². The molecule has 0 bridgehead atoms. The van der Waals surface area contributed by atoms with E-state index < -0.39 is 5.91 Å². The van der Waals surface area contributed by atoms with Crippen molar-refractivity contribution in [3.05, 3.63) is 65.4 Å². The summed E-state index contributed by atoms with van der Waals surface area (Å²) in [7, 11) is 0. The summed E-state index contributed by atoms with van der Waals surface area (Å²) < 4.78 is 5.43. The van der Waals surface area contributed by atoms with E-state index in [1.165, 1.54) is 6.21 Å². The molecule has 3 aromatic rings. The number of nitrogens with zero attached hydrogens (tertiary/aromatic N) is 2. The first-order valence-electron chi connectivity index (χ1n) is 8.49. The summed E-state index contributed by atoms with van der Waals surface area (Å²) in [5, 5.41) is 20.6. The van der Waals surface area contributed by atoms with Crippen LogP contribution in [0.5, 0.6) is 11.5 Å². The second-order valence-corrected chi connectivity index (χ2v) is 5.79. The Hall–Kier alpha value is -3.61. The smallest absolute Gasteiger partial charge is 0.289 e. The number of amides is 1. The van der Waals surface area contributed by atoms with Crippen LogP contribution in [0.15, 0.2) is 53.6 Å². The van der Waals surface area contributed by atoms with Crippen molar-refractivity contribution in [2.24, 2.45) is 5.10 Å². The van der Waals surface area contributed by atoms with E-state index in [1.54, 1.807) is 24.3 Å². The second-order valence-electron chi connectivity index (χ2n) is 5.79. The predicted molar refractivity (Wildman–Crippen MR) is 103 cm³/mol. The number of phenolic OH excluding ortho intramolecular Hbond substituents is 1. The third-order valence-electron chi connectivity index (χ3n) is 3.98. The molecule has 1 amide bonds. The molecule has 7 nitrogen and oxygen atoms in total. The van der Waals surface area contributed by atoms with Gasteiger partial charge in [-0.2, -0.15) is 10.2 Å². The van der Waals surface area contributed by atoms with Crippen molar-refractivity contribution in [1.29, 1.82) is 0 Å². The lowest BCUT2D eigenvalue weighted by atomic mass is 10.1. The summed E-state index contributed by atoms with van der Waals surface area (Å²) >= 11 is 0. The van der Waals surface area contributed by atoms with Gasteiger partial charge in [-0.15, -0.1) is 0 Å². The van der Waals surface area contributed by atoms with Crippen molar-refractivity contribution in [3.8, 4) is 22.8 Å². The molecule has 7 heteroatoms. The third-order valence-corrected chi connectivity index (χ3v) is 3.98. The number of hydrogen-bond acceptors (Lipinski definition) is 5. The number of phenols is 1. The Kier molecular flexibility index (Phi) is 5.51. The van der Waals surface area contributed by atoms with Crippen LogP contribution in [0.4, 0.5) is 0 Å². The molecule has 0 saturated carbocycles. The van der Waals surface area contributed by atoms with Crippen LogP contribution < -0.4 is 10.2 Å². The molecule has 0 radical (unpaired) electrons. The number of hydrazone groups is 1. The highest BCUT2D eigenvalue weighted by Gasteiger charge is 2.16. The van der Waals surface area contributed by atoms with E-state index >= 15 is 0 Å². The van der Waals surface area contributed by atoms with Crippen LogP contribution in [0.1, 0.15) is 28.5 Å². The Morgan fingerprint density at radius 2 is 2.00 bits per heavy atom. The molecule has 138 valence electrons. The summed E-state index contributed by atoms with van der Waals surface area (Å²) in [6.45, 7) is 4.35. The van der Waals surface area contributed by atoms with E-state index in [0.29, 0.717) is 23.6 Å². The van der Waals surface area contributed by atoms with Gasteiger partial charge in [-0.1, -0.05) is 12.1 Å².